The van der Waals surface area contributed by atoms with Crippen LogP contribution in [-0.4, -0.2) is 23.4 Å². The summed E-state index contributed by atoms with van der Waals surface area (Å²) in [5.41, 5.74) is 3.18. The normalized spacial score (nSPS) is 16.3. The Balaban J connectivity index is 2.32. The summed E-state index contributed by atoms with van der Waals surface area (Å²) in [4.78, 5) is 16.0. The van der Waals surface area contributed by atoms with Crippen molar-refractivity contribution >= 4 is 17.8 Å². The van der Waals surface area contributed by atoms with Crippen molar-refractivity contribution in [3.8, 4) is 0 Å². The average Bonchev–Trinajstić information content (AvgIpc) is 2.74. The van der Waals surface area contributed by atoms with Crippen LogP contribution in [0.5, 0.6) is 0 Å². The molecule has 110 valence electrons. The molecule has 21 heavy (non-hydrogen) atoms. The number of esters is 1. The molecule has 4 nitrogen and oxygen atoms in total. The number of aliphatic hydroxyl groups excluding tert-OH is 1. The summed E-state index contributed by atoms with van der Waals surface area (Å²) >= 11 is 0. The Morgan fingerprint density at radius 3 is 2.52 bits per heavy atom. The summed E-state index contributed by atoms with van der Waals surface area (Å²) in [5, 5.41) is 10.2. The van der Waals surface area contributed by atoms with Gasteiger partial charge in [-0.2, -0.15) is 0 Å². The minimum Gasteiger partial charge on any atom is -0.505 e. The Morgan fingerprint density at radius 2 is 1.95 bits per heavy atom. The maximum Gasteiger partial charge on any atom is 0.343 e. The van der Waals surface area contributed by atoms with E-state index in [-0.39, 0.29) is 17.9 Å². The first kappa shape index (κ1) is 15.0. The maximum absolute atomic E-state index is 11.8. The second-order valence-electron chi connectivity index (χ2n) is 4.77. The Labute approximate surface area is 124 Å². The molecule has 1 aromatic rings. The largest absolute Gasteiger partial charge is 0.505 e. The van der Waals surface area contributed by atoms with Gasteiger partial charge in [-0.25, -0.2) is 9.79 Å². The molecule has 1 heterocycles. The lowest BCUT2D eigenvalue weighted by Crippen LogP contribution is -2.13. The lowest BCUT2D eigenvalue weighted by Gasteiger charge is -2.03. The fraction of sp³-hybridized carbons (Fsp3) is 0.294. The Morgan fingerprint density at radius 1 is 1.29 bits per heavy atom. The van der Waals surface area contributed by atoms with Gasteiger partial charge < -0.3 is 9.84 Å². The smallest absolute Gasteiger partial charge is 0.343 e. The van der Waals surface area contributed by atoms with Crippen LogP contribution in [-0.2, 0) is 16.0 Å². The van der Waals surface area contributed by atoms with Gasteiger partial charge in [0.15, 0.2) is 5.76 Å². The molecule has 0 unspecified atom stereocenters. The maximum atomic E-state index is 11.8. The van der Waals surface area contributed by atoms with Crippen LogP contribution in [0.3, 0.4) is 0 Å². The van der Waals surface area contributed by atoms with E-state index in [0.29, 0.717) is 11.4 Å². The molecule has 1 N–H and O–H groups in total. The summed E-state index contributed by atoms with van der Waals surface area (Å²) in [6.07, 6.45) is 2.73. The summed E-state index contributed by atoms with van der Waals surface area (Å²) in [7, 11) is 0. The van der Waals surface area contributed by atoms with Crippen LogP contribution in [0.2, 0.25) is 0 Å². The van der Waals surface area contributed by atoms with Crippen molar-refractivity contribution in [1.29, 1.82) is 0 Å². The molecule has 1 aromatic carbocycles. The fourth-order valence-corrected chi connectivity index (χ4v) is 2.14. The molecule has 0 aliphatic carbocycles. The van der Waals surface area contributed by atoms with Crippen LogP contribution in [0.1, 0.15) is 31.9 Å². The van der Waals surface area contributed by atoms with Crippen molar-refractivity contribution < 1.29 is 14.6 Å². The van der Waals surface area contributed by atoms with Crippen molar-refractivity contribution in [1.82, 2.24) is 0 Å². The van der Waals surface area contributed by atoms with E-state index < -0.39 is 5.97 Å². The lowest BCUT2D eigenvalue weighted by atomic mass is 10.1. The van der Waals surface area contributed by atoms with Gasteiger partial charge in [0.05, 0.1) is 12.3 Å². The third kappa shape index (κ3) is 3.21. The Kier molecular flexibility index (Phi) is 4.58. The van der Waals surface area contributed by atoms with Crippen molar-refractivity contribution in [3.05, 3.63) is 52.4 Å². The molecule has 0 saturated heterocycles. The van der Waals surface area contributed by atoms with Gasteiger partial charge in [0, 0.05) is 0 Å². The number of aliphatic hydroxyl groups is 1. The van der Waals surface area contributed by atoms with Crippen molar-refractivity contribution in [2.45, 2.75) is 27.2 Å². The summed E-state index contributed by atoms with van der Waals surface area (Å²) < 4.78 is 4.93. The molecule has 0 radical (unpaired) electrons. The van der Waals surface area contributed by atoms with Crippen LogP contribution in [0.15, 0.2) is 46.3 Å². The highest BCUT2D eigenvalue weighted by Gasteiger charge is 2.27. The van der Waals surface area contributed by atoms with Gasteiger partial charge in [-0.1, -0.05) is 31.2 Å². The van der Waals surface area contributed by atoms with E-state index in [1.54, 1.807) is 19.9 Å². The topological polar surface area (TPSA) is 58.9 Å². The van der Waals surface area contributed by atoms with Crippen LogP contribution in [0.4, 0.5) is 0 Å². The molecule has 0 aromatic heterocycles. The van der Waals surface area contributed by atoms with Gasteiger partial charge in [-0.05, 0) is 37.5 Å². The number of ether oxygens (including phenoxy) is 1. The summed E-state index contributed by atoms with van der Waals surface area (Å²) in [6.45, 7) is 5.77. The van der Waals surface area contributed by atoms with Gasteiger partial charge >= 0.3 is 5.97 Å². The van der Waals surface area contributed by atoms with Crippen LogP contribution in [0, 0.1) is 0 Å². The Bertz CT molecular complexity index is 637. The number of hydrogen-bond acceptors (Lipinski definition) is 4. The zero-order chi connectivity index (χ0) is 15.4. The first-order valence-corrected chi connectivity index (χ1v) is 7.03. The predicted octanol–water partition coefficient (Wildman–Crippen LogP) is 3.44. The van der Waals surface area contributed by atoms with E-state index in [2.05, 4.69) is 11.9 Å². The quantitative estimate of drug-likeness (QED) is 0.862. The monoisotopic (exact) mass is 285 g/mol. The third-order valence-corrected chi connectivity index (χ3v) is 3.30. The van der Waals surface area contributed by atoms with Crippen LogP contribution in [0.25, 0.3) is 6.08 Å². The first-order chi connectivity index (χ1) is 10.1. The number of carbonyl (C=O) groups is 1. The molecular formula is C17H19NO3. The highest BCUT2D eigenvalue weighted by atomic mass is 16.5. The van der Waals surface area contributed by atoms with E-state index in [9.17, 15) is 9.90 Å². The van der Waals surface area contributed by atoms with Gasteiger partial charge in [-0.15, -0.1) is 0 Å². The molecule has 0 saturated carbocycles. The third-order valence-electron chi connectivity index (χ3n) is 3.30. The number of hydrogen-bond donors (Lipinski definition) is 1. The summed E-state index contributed by atoms with van der Waals surface area (Å²) in [5.74, 6) is -0.661. The van der Waals surface area contributed by atoms with E-state index in [1.807, 2.05) is 24.3 Å². The lowest BCUT2D eigenvalue weighted by molar-refractivity contribution is -0.138. The van der Waals surface area contributed by atoms with E-state index in [0.717, 1.165) is 12.0 Å². The van der Waals surface area contributed by atoms with Crippen LogP contribution < -0.4 is 0 Å². The van der Waals surface area contributed by atoms with Gasteiger partial charge in [-0.3, -0.25) is 0 Å². The molecule has 0 spiro atoms. The standard InChI is InChI=1S/C17H19NO3/c1-4-12-6-8-13(9-7-12)10-14-16(19)15(11(3)18-14)17(20)21-5-2/h6-10,19H,4-5H2,1-3H3. The second-order valence-corrected chi connectivity index (χ2v) is 4.77. The number of benzene rings is 1. The number of carbonyl (C=O) groups excluding carboxylic acids is 1. The van der Waals surface area contributed by atoms with Crippen LogP contribution >= 0.6 is 0 Å². The minimum absolute atomic E-state index is 0.120. The molecule has 2 rings (SSSR count). The Hall–Kier alpha value is -2.36. The molecule has 4 heteroatoms. The van der Waals surface area contributed by atoms with Crippen molar-refractivity contribution in [3.63, 3.8) is 0 Å². The predicted molar refractivity (Wildman–Crippen MR) is 83.2 cm³/mol. The second kappa shape index (κ2) is 6.39. The summed E-state index contributed by atoms with van der Waals surface area (Å²) in [6, 6.07) is 7.99. The minimum atomic E-state index is -0.541. The van der Waals surface area contributed by atoms with E-state index in [1.165, 1.54) is 5.56 Å². The number of aryl methyl sites for hydroxylation is 1. The average molecular weight is 285 g/mol. The molecule has 0 amide bonds. The first-order valence-electron chi connectivity index (χ1n) is 7.03. The van der Waals surface area contributed by atoms with E-state index >= 15 is 0 Å². The number of nitrogens with zero attached hydrogens (tertiary/aromatic N) is 1. The van der Waals surface area contributed by atoms with Crippen molar-refractivity contribution in [2.75, 3.05) is 6.61 Å². The van der Waals surface area contributed by atoms with Gasteiger partial charge in [0.1, 0.15) is 11.3 Å². The molecule has 1 aliphatic heterocycles. The molecule has 1 aliphatic rings. The molecular weight excluding hydrogens is 266 g/mol. The number of aliphatic imine (C=N–C) groups is 1. The van der Waals surface area contributed by atoms with Gasteiger partial charge in [0.2, 0.25) is 0 Å². The molecule has 0 atom stereocenters. The number of rotatable bonds is 4. The highest BCUT2D eigenvalue weighted by Crippen LogP contribution is 2.26. The fourth-order valence-electron chi connectivity index (χ4n) is 2.14. The zero-order valence-electron chi connectivity index (χ0n) is 12.5. The van der Waals surface area contributed by atoms with Gasteiger partial charge in [0.25, 0.3) is 0 Å². The highest BCUT2D eigenvalue weighted by molar-refractivity contribution is 6.22. The van der Waals surface area contributed by atoms with E-state index in [4.69, 9.17) is 4.74 Å². The molecule has 0 bridgehead atoms. The van der Waals surface area contributed by atoms with Crippen molar-refractivity contribution in [2.24, 2.45) is 4.99 Å². The molecule has 0 fully saturated rings. The zero-order valence-corrected chi connectivity index (χ0v) is 12.5. The SMILES string of the molecule is CCOC(=O)C1=C(O)C(=Cc2ccc(CC)cc2)N=C1C.